The first-order chi connectivity index (χ1) is 2.89. The van der Waals surface area contributed by atoms with Crippen molar-refractivity contribution in [3.05, 3.63) is 12.4 Å². The molecule has 0 unspecified atom stereocenters. The van der Waals surface area contributed by atoms with Gasteiger partial charge in [0.2, 0.25) is 0 Å². The van der Waals surface area contributed by atoms with Gasteiger partial charge in [-0.25, -0.2) is 0 Å². The van der Waals surface area contributed by atoms with E-state index >= 15 is 0 Å². The highest BCUT2D eigenvalue weighted by atomic mass is 32.2. The van der Waals surface area contributed by atoms with Crippen LogP contribution in [-0.2, 0) is 0 Å². The van der Waals surface area contributed by atoms with E-state index in [2.05, 4.69) is 8.75 Å². The van der Waals surface area contributed by atoms with Crippen LogP contribution in [-0.4, -0.2) is 13.3 Å². The summed E-state index contributed by atoms with van der Waals surface area (Å²) in [6, 6.07) is 0. The van der Waals surface area contributed by atoms with E-state index in [9.17, 15) is 4.55 Å². The summed E-state index contributed by atoms with van der Waals surface area (Å²) in [6.45, 7) is 0. The molecule has 1 rings (SSSR count). The minimum absolute atomic E-state index is 1.28. The lowest BCUT2D eigenvalue weighted by Crippen LogP contribution is -1.56. The fourth-order valence-corrected chi connectivity index (χ4v) is 0.557. The molecular formula is C2H2N2OS. The van der Waals surface area contributed by atoms with Gasteiger partial charge in [0.05, 0.1) is 0 Å². The largest absolute Gasteiger partial charge is 0.546 e. The zero-order valence-corrected chi connectivity index (χ0v) is 3.68. The predicted molar refractivity (Wildman–Crippen MR) is 20.7 cm³/mol. The third-order valence-electron chi connectivity index (χ3n) is 0.369. The fourth-order valence-electron chi connectivity index (χ4n) is 0.186. The zero-order chi connectivity index (χ0) is 4.41. The quantitative estimate of drug-likeness (QED) is 0.440. The van der Waals surface area contributed by atoms with E-state index in [4.69, 9.17) is 0 Å². The van der Waals surface area contributed by atoms with Crippen LogP contribution in [0.5, 0.6) is 0 Å². The van der Waals surface area contributed by atoms with E-state index in [0.29, 0.717) is 0 Å². The first-order valence-corrected chi connectivity index (χ1v) is 2.45. The van der Waals surface area contributed by atoms with Crippen LogP contribution in [0, 0.1) is 0 Å². The van der Waals surface area contributed by atoms with Gasteiger partial charge in [0, 0.05) is 0 Å². The van der Waals surface area contributed by atoms with Gasteiger partial charge in [0.15, 0.2) is 11.1 Å². The molecule has 0 aliphatic rings. The van der Waals surface area contributed by atoms with Gasteiger partial charge in [-0.2, -0.15) is 0 Å². The maximum absolute atomic E-state index is 9.96. The molecule has 32 valence electrons. The van der Waals surface area contributed by atoms with Crippen LogP contribution in [0.1, 0.15) is 0 Å². The van der Waals surface area contributed by atoms with Crippen molar-refractivity contribution in [2.24, 2.45) is 0 Å². The smallest absolute Gasteiger partial charge is 0.184 e. The summed E-state index contributed by atoms with van der Waals surface area (Å²) in [4.78, 5) is 0. The second-order valence-electron chi connectivity index (χ2n) is 0.740. The molecule has 0 spiro atoms. The van der Waals surface area contributed by atoms with Crippen molar-refractivity contribution in [3.8, 4) is 0 Å². The van der Waals surface area contributed by atoms with Crippen LogP contribution in [0.15, 0.2) is 12.4 Å². The number of nitrogens with zero attached hydrogens (tertiary/aromatic N) is 2. The molecule has 4 heteroatoms. The Morgan fingerprint density at radius 1 is 1.33 bits per heavy atom. The third kappa shape index (κ3) is 0.526. The maximum Gasteiger partial charge on any atom is 0.184 e. The second-order valence-corrected chi connectivity index (χ2v) is 1.62. The van der Waals surface area contributed by atoms with Gasteiger partial charge in [-0.15, -0.1) is 0 Å². The molecule has 0 N–H and O–H groups in total. The van der Waals surface area contributed by atoms with Gasteiger partial charge in [0.1, 0.15) is 12.4 Å². The summed E-state index contributed by atoms with van der Waals surface area (Å²) >= 11 is -1.28. The van der Waals surface area contributed by atoms with Crippen molar-refractivity contribution < 1.29 is 4.55 Å². The monoisotopic (exact) mass is 102 g/mol. The van der Waals surface area contributed by atoms with Gasteiger partial charge in [-0.05, 0) is 8.75 Å². The molecule has 0 atom stereocenters. The topological polar surface area (TPSA) is 48.8 Å². The number of rotatable bonds is 0. The van der Waals surface area contributed by atoms with Crippen molar-refractivity contribution in [2.45, 2.75) is 0 Å². The van der Waals surface area contributed by atoms with Crippen LogP contribution >= 0.6 is 11.1 Å². The lowest BCUT2D eigenvalue weighted by atomic mass is 11.0. The van der Waals surface area contributed by atoms with E-state index in [1.807, 2.05) is 0 Å². The predicted octanol–water partition coefficient (Wildman–Crippen LogP) is 0.204. The van der Waals surface area contributed by atoms with Crippen LogP contribution in [0.4, 0.5) is 0 Å². The van der Waals surface area contributed by atoms with Gasteiger partial charge in [0.25, 0.3) is 0 Å². The van der Waals surface area contributed by atoms with E-state index in [0.717, 1.165) is 0 Å². The highest BCUT2D eigenvalue weighted by Gasteiger charge is 1.82. The minimum Gasteiger partial charge on any atom is -0.546 e. The number of aromatic nitrogens is 2. The Morgan fingerprint density at radius 2 is 1.83 bits per heavy atom. The van der Waals surface area contributed by atoms with Gasteiger partial charge in [-0.3, -0.25) is 0 Å². The first-order valence-electron chi connectivity index (χ1n) is 1.38. The number of hydrogen-bond acceptors (Lipinski definition) is 3. The third-order valence-corrected chi connectivity index (χ3v) is 0.973. The Balaban J connectivity index is 3.05. The average molecular weight is 102 g/mol. The lowest BCUT2D eigenvalue weighted by Gasteiger charge is -1.67. The average Bonchev–Trinajstić information content (AvgIpc) is 1.86. The first kappa shape index (κ1) is 3.70. The van der Waals surface area contributed by atoms with E-state index < -0.39 is 11.1 Å². The lowest BCUT2D eigenvalue weighted by molar-refractivity contribution is 0.585. The van der Waals surface area contributed by atoms with Crippen molar-refractivity contribution in [3.63, 3.8) is 0 Å². The molecule has 0 saturated heterocycles. The normalized spacial score (nSPS) is 8.83. The highest BCUT2D eigenvalue weighted by molar-refractivity contribution is 7.13. The minimum atomic E-state index is -1.28. The van der Waals surface area contributed by atoms with Crippen molar-refractivity contribution >= 4 is 11.1 Å². The fraction of sp³-hybridized carbons (Fsp3) is 0. The second kappa shape index (κ2) is 1.32. The molecule has 3 nitrogen and oxygen atoms in total. The Morgan fingerprint density at radius 3 is 2.00 bits per heavy atom. The molecule has 1 aromatic heterocycles. The zero-order valence-electron chi connectivity index (χ0n) is 2.87. The Kier molecular flexibility index (Phi) is 0.813. The molecule has 0 amide bonds. The SMILES string of the molecule is [O-][s+]1nccn1. The Bertz CT molecular complexity index is 115. The molecule has 0 radical (unpaired) electrons. The Labute approximate surface area is 37.8 Å². The summed E-state index contributed by atoms with van der Waals surface area (Å²) in [5.74, 6) is 0. The molecule has 0 aliphatic carbocycles. The summed E-state index contributed by atoms with van der Waals surface area (Å²) in [5, 5.41) is 0. The molecule has 0 fully saturated rings. The molecular weight excluding hydrogens is 100 g/mol. The molecule has 1 heterocycles. The summed E-state index contributed by atoms with van der Waals surface area (Å²) < 4.78 is 16.7. The van der Waals surface area contributed by atoms with Gasteiger partial charge >= 0.3 is 0 Å². The molecule has 1 aromatic rings. The summed E-state index contributed by atoms with van der Waals surface area (Å²) in [7, 11) is 0. The van der Waals surface area contributed by atoms with Gasteiger partial charge < -0.3 is 4.55 Å². The standard InChI is InChI=1S/C2H2N2OS/c5-6-3-1-2-4-6/h1-2H. The van der Waals surface area contributed by atoms with Crippen molar-refractivity contribution in [2.75, 3.05) is 0 Å². The van der Waals surface area contributed by atoms with Crippen LogP contribution in [0.2, 0.25) is 0 Å². The summed E-state index contributed by atoms with van der Waals surface area (Å²) in [5.41, 5.74) is 0. The number of hydrogen-bond donors (Lipinski definition) is 0. The molecule has 0 saturated carbocycles. The van der Waals surface area contributed by atoms with E-state index in [-0.39, 0.29) is 0 Å². The van der Waals surface area contributed by atoms with Gasteiger partial charge in [-0.1, -0.05) is 0 Å². The van der Waals surface area contributed by atoms with Crippen LogP contribution < -0.4 is 0 Å². The van der Waals surface area contributed by atoms with E-state index in [1.165, 1.54) is 12.4 Å². The van der Waals surface area contributed by atoms with E-state index in [1.54, 1.807) is 0 Å². The molecule has 6 heavy (non-hydrogen) atoms. The summed E-state index contributed by atoms with van der Waals surface area (Å²) in [6.07, 6.45) is 2.83. The van der Waals surface area contributed by atoms with Crippen LogP contribution in [0.25, 0.3) is 0 Å². The van der Waals surface area contributed by atoms with Crippen molar-refractivity contribution in [1.82, 2.24) is 8.75 Å². The highest BCUT2D eigenvalue weighted by Crippen LogP contribution is 1.93. The molecule has 0 bridgehead atoms. The molecule has 0 aliphatic heterocycles. The van der Waals surface area contributed by atoms with Crippen molar-refractivity contribution in [1.29, 1.82) is 0 Å². The Hall–Kier alpha value is -0.480. The van der Waals surface area contributed by atoms with Crippen LogP contribution in [0.3, 0.4) is 0 Å². The molecule has 0 aromatic carbocycles. The maximum atomic E-state index is 9.96.